The Kier molecular flexibility index (Phi) is 11.8. The minimum Gasteiger partial charge on any atom is -0.492 e. The predicted octanol–water partition coefficient (Wildman–Crippen LogP) is 3.95. The Morgan fingerprint density at radius 3 is 1.67 bits per heavy atom. The highest BCUT2D eigenvalue weighted by atomic mass is 16.6. The summed E-state index contributed by atoms with van der Waals surface area (Å²) in [5.41, 5.74) is 2.17. The van der Waals surface area contributed by atoms with E-state index in [0.29, 0.717) is 39.3 Å². The Morgan fingerprint density at radius 1 is 0.697 bits per heavy atom. The van der Waals surface area contributed by atoms with Crippen molar-refractivity contribution in [1.29, 1.82) is 0 Å². The molecule has 33 heavy (non-hydrogen) atoms. The van der Waals surface area contributed by atoms with Crippen LogP contribution < -0.4 is 9.47 Å². The molecule has 0 aliphatic heterocycles. The molecule has 0 N–H and O–H groups in total. The highest BCUT2D eigenvalue weighted by Gasteiger charge is 2.11. The van der Waals surface area contributed by atoms with Gasteiger partial charge in [-0.1, -0.05) is 43.3 Å². The summed E-state index contributed by atoms with van der Waals surface area (Å²) in [4.78, 5) is 25.3. The molecule has 0 aliphatic carbocycles. The van der Waals surface area contributed by atoms with Gasteiger partial charge in [0.1, 0.15) is 37.9 Å². The number of hydrogen-bond donors (Lipinski definition) is 0. The number of para-hydroxylation sites is 2. The molecular formula is C26H35NO6. The molecule has 0 saturated carbocycles. The molecule has 0 unspecified atom stereocenters. The van der Waals surface area contributed by atoms with Crippen LogP contribution >= 0.6 is 0 Å². The standard InChI is InChI=1S/C26H35NO6/c1-4-25(28)32-19-20-33-26(29)13-14-27(15-17-30-23-11-7-5-9-21(23)2)16-18-31-24-12-8-6-10-22(24)3/h5-12H,4,13-20H2,1-3H3. The Morgan fingerprint density at radius 2 is 1.18 bits per heavy atom. The number of aryl methyl sites for hydroxylation is 2. The molecule has 180 valence electrons. The first-order chi connectivity index (χ1) is 16.0. The summed E-state index contributed by atoms with van der Waals surface area (Å²) >= 11 is 0. The number of carbonyl (C=O) groups excluding carboxylic acids is 2. The molecule has 0 aromatic heterocycles. The van der Waals surface area contributed by atoms with Gasteiger partial charge in [0.15, 0.2) is 0 Å². The number of nitrogens with zero attached hydrogens (tertiary/aromatic N) is 1. The minimum atomic E-state index is -0.327. The SMILES string of the molecule is CCC(=O)OCCOC(=O)CCN(CCOc1ccccc1C)CCOc1ccccc1C. The predicted molar refractivity (Wildman–Crippen MR) is 127 cm³/mol. The number of ether oxygens (including phenoxy) is 4. The van der Waals surface area contributed by atoms with E-state index in [1.54, 1.807) is 6.92 Å². The molecule has 0 atom stereocenters. The second-order valence-electron chi connectivity index (χ2n) is 7.61. The summed E-state index contributed by atoms with van der Waals surface area (Å²) in [6.07, 6.45) is 0.536. The van der Waals surface area contributed by atoms with Gasteiger partial charge in [-0.3, -0.25) is 14.5 Å². The summed E-state index contributed by atoms with van der Waals surface area (Å²) in [6.45, 7) is 8.69. The van der Waals surface area contributed by atoms with Gasteiger partial charge in [-0.2, -0.15) is 0 Å². The molecule has 2 rings (SSSR count). The molecule has 0 heterocycles. The minimum absolute atomic E-state index is 0.0668. The zero-order chi connectivity index (χ0) is 23.9. The molecule has 0 amide bonds. The van der Waals surface area contributed by atoms with E-state index in [2.05, 4.69) is 4.90 Å². The van der Waals surface area contributed by atoms with Crippen LogP contribution in [0.3, 0.4) is 0 Å². The van der Waals surface area contributed by atoms with Gasteiger partial charge in [-0.25, -0.2) is 0 Å². The second kappa shape index (κ2) is 14.9. The van der Waals surface area contributed by atoms with Crippen molar-refractivity contribution in [3.8, 4) is 11.5 Å². The summed E-state index contributed by atoms with van der Waals surface area (Å²) < 4.78 is 21.9. The van der Waals surface area contributed by atoms with Crippen LogP contribution in [0.4, 0.5) is 0 Å². The first-order valence-electron chi connectivity index (χ1n) is 11.4. The zero-order valence-corrected chi connectivity index (χ0v) is 19.9. The molecule has 0 bridgehead atoms. The lowest BCUT2D eigenvalue weighted by Crippen LogP contribution is -2.34. The average Bonchev–Trinajstić information content (AvgIpc) is 2.82. The van der Waals surface area contributed by atoms with Crippen LogP contribution in [0.1, 0.15) is 30.9 Å². The molecule has 7 heteroatoms. The summed E-state index contributed by atoms with van der Waals surface area (Å²) in [6, 6.07) is 15.8. The van der Waals surface area contributed by atoms with Crippen molar-refractivity contribution >= 4 is 11.9 Å². The fourth-order valence-corrected chi connectivity index (χ4v) is 3.08. The lowest BCUT2D eigenvalue weighted by Gasteiger charge is -2.22. The Hall–Kier alpha value is -3.06. The lowest BCUT2D eigenvalue weighted by molar-refractivity contribution is -0.152. The lowest BCUT2D eigenvalue weighted by atomic mass is 10.2. The molecule has 0 radical (unpaired) electrons. The molecule has 2 aromatic carbocycles. The summed E-state index contributed by atoms with van der Waals surface area (Å²) in [7, 11) is 0. The van der Waals surface area contributed by atoms with E-state index in [-0.39, 0.29) is 31.6 Å². The Balaban J connectivity index is 1.79. The maximum Gasteiger partial charge on any atom is 0.307 e. The van der Waals surface area contributed by atoms with Crippen molar-refractivity contribution in [2.24, 2.45) is 0 Å². The Bertz CT molecular complexity index is 818. The molecule has 7 nitrogen and oxygen atoms in total. The molecule has 0 fully saturated rings. The second-order valence-corrected chi connectivity index (χ2v) is 7.61. The fourth-order valence-electron chi connectivity index (χ4n) is 3.08. The van der Waals surface area contributed by atoms with Gasteiger partial charge in [-0.05, 0) is 37.1 Å². The van der Waals surface area contributed by atoms with E-state index in [9.17, 15) is 9.59 Å². The zero-order valence-electron chi connectivity index (χ0n) is 19.9. The maximum absolute atomic E-state index is 12.1. The van der Waals surface area contributed by atoms with Crippen LogP contribution in [0.25, 0.3) is 0 Å². The van der Waals surface area contributed by atoms with Crippen molar-refractivity contribution < 1.29 is 28.5 Å². The normalized spacial score (nSPS) is 10.7. The fraction of sp³-hybridized carbons (Fsp3) is 0.462. The third kappa shape index (κ3) is 10.4. The van der Waals surface area contributed by atoms with Crippen molar-refractivity contribution in [2.45, 2.75) is 33.6 Å². The highest BCUT2D eigenvalue weighted by molar-refractivity contribution is 5.70. The summed E-state index contributed by atoms with van der Waals surface area (Å²) in [5, 5.41) is 0. The van der Waals surface area contributed by atoms with Crippen LogP contribution in [-0.2, 0) is 19.1 Å². The largest absolute Gasteiger partial charge is 0.492 e. The molecule has 2 aromatic rings. The molecule has 0 spiro atoms. The first-order valence-corrected chi connectivity index (χ1v) is 11.4. The van der Waals surface area contributed by atoms with E-state index < -0.39 is 0 Å². The molecular weight excluding hydrogens is 422 g/mol. The number of carbonyl (C=O) groups is 2. The van der Waals surface area contributed by atoms with Crippen molar-refractivity contribution in [3.63, 3.8) is 0 Å². The average molecular weight is 458 g/mol. The molecule has 0 saturated heterocycles. The number of rotatable bonds is 15. The van der Waals surface area contributed by atoms with Crippen molar-refractivity contribution in [1.82, 2.24) is 4.90 Å². The van der Waals surface area contributed by atoms with Crippen LogP contribution in [0, 0.1) is 13.8 Å². The number of esters is 2. The van der Waals surface area contributed by atoms with Gasteiger partial charge in [0.05, 0.1) is 6.42 Å². The highest BCUT2D eigenvalue weighted by Crippen LogP contribution is 2.17. The van der Waals surface area contributed by atoms with E-state index in [4.69, 9.17) is 18.9 Å². The van der Waals surface area contributed by atoms with Crippen LogP contribution in [0.15, 0.2) is 48.5 Å². The topological polar surface area (TPSA) is 74.3 Å². The van der Waals surface area contributed by atoms with E-state index in [0.717, 1.165) is 22.6 Å². The smallest absolute Gasteiger partial charge is 0.307 e. The quantitative estimate of drug-likeness (QED) is 0.296. The van der Waals surface area contributed by atoms with Crippen molar-refractivity contribution in [3.05, 3.63) is 59.7 Å². The van der Waals surface area contributed by atoms with E-state index in [1.807, 2.05) is 62.4 Å². The van der Waals surface area contributed by atoms with Gasteiger partial charge in [0.25, 0.3) is 0 Å². The van der Waals surface area contributed by atoms with Gasteiger partial charge in [-0.15, -0.1) is 0 Å². The van der Waals surface area contributed by atoms with Gasteiger partial charge >= 0.3 is 11.9 Å². The number of hydrogen-bond acceptors (Lipinski definition) is 7. The van der Waals surface area contributed by atoms with Crippen LogP contribution in [0.2, 0.25) is 0 Å². The van der Waals surface area contributed by atoms with Gasteiger partial charge < -0.3 is 18.9 Å². The third-order valence-corrected chi connectivity index (χ3v) is 5.05. The van der Waals surface area contributed by atoms with Crippen LogP contribution in [-0.4, -0.2) is 62.9 Å². The van der Waals surface area contributed by atoms with Gasteiger partial charge in [0.2, 0.25) is 0 Å². The Labute approximate surface area is 196 Å². The molecule has 0 aliphatic rings. The first kappa shape index (κ1) is 26.2. The maximum atomic E-state index is 12.1. The van der Waals surface area contributed by atoms with Crippen molar-refractivity contribution in [2.75, 3.05) is 46.1 Å². The van der Waals surface area contributed by atoms with Gasteiger partial charge in [0, 0.05) is 26.1 Å². The number of benzene rings is 2. The van der Waals surface area contributed by atoms with Crippen LogP contribution in [0.5, 0.6) is 11.5 Å². The third-order valence-electron chi connectivity index (χ3n) is 5.05. The monoisotopic (exact) mass is 457 g/mol. The summed E-state index contributed by atoms with van der Waals surface area (Å²) in [5.74, 6) is 1.08. The van der Waals surface area contributed by atoms with E-state index >= 15 is 0 Å². The van der Waals surface area contributed by atoms with E-state index in [1.165, 1.54) is 0 Å².